The predicted molar refractivity (Wildman–Crippen MR) is 199 cm³/mol. The van der Waals surface area contributed by atoms with Crippen LogP contribution in [0.25, 0.3) is 0 Å². The molecule has 0 fully saturated rings. The van der Waals surface area contributed by atoms with Crippen LogP contribution in [-0.2, 0) is 12.8 Å². The molecular weight excluding hydrogens is 656 g/mol. The molecule has 0 aliphatic heterocycles. The van der Waals surface area contributed by atoms with Crippen LogP contribution in [0, 0.1) is 0 Å². The number of esters is 4. The minimum absolute atomic E-state index is 0.128. The molecule has 0 aliphatic rings. The summed E-state index contributed by atoms with van der Waals surface area (Å²) in [4.78, 5) is 51.1. The maximum absolute atomic E-state index is 12.9. The molecule has 0 unspecified atom stereocenters. The van der Waals surface area contributed by atoms with Crippen LogP contribution in [0.4, 0.5) is 0 Å². The Hall–Kier alpha value is -6.02. The Kier molecular flexibility index (Phi) is 13.5. The first kappa shape index (κ1) is 37.2. The Morgan fingerprint density at radius 3 is 1.02 bits per heavy atom. The standard InChI is InChI=1S/C44H42O8/c1-3-5-7-10-31-14-22-37(23-15-31)49-41(45)33-18-26-39(27-19-33)51-43(47)35-12-9-13-36(30-35)44(48)52-40-28-20-34(21-29-40)42(46)50-38-24-16-32(17-25-38)11-8-6-4-2/h9,12-30H,3-8,10-11H2,1-2H3. The lowest BCUT2D eigenvalue weighted by Crippen LogP contribution is -2.13. The molecule has 52 heavy (non-hydrogen) atoms. The minimum Gasteiger partial charge on any atom is -0.423 e. The highest BCUT2D eigenvalue weighted by Crippen LogP contribution is 2.21. The van der Waals surface area contributed by atoms with E-state index >= 15 is 0 Å². The fourth-order valence-corrected chi connectivity index (χ4v) is 5.36. The van der Waals surface area contributed by atoms with Crippen molar-refractivity contribution in [2.24, 2.45) is 0 Å². The molecule has 0 saturated carbocycles. The van der Waals surface area contributed by atoms with E-state index in [2.05, 4.69) is 13.8 Å². The Labute approximate surface area is 304 Å². The molecular formula is C44H42O8. The first-order chi connectivity index (χ1) is 25.3. The lowest BCUT2D eigenvalue weighted by Gasteiger charge is -2.09. The molecule has 0 aliphatic carbocycles. The van der Waals surface area contributed by atoms with E-state index < -0.39 is 23.9 Å². The Morgan fingerprint density at radius 1 is 0.385 bits per heavy atom. The van der Waals surface area contributed by atoms with E-state index in [1.807, 2.05) is 24.3 Å². The smallest absolute Gasteiger partial charge is 0.343 e. The average Bonchev–Trinajstić information content (AvgIpc) is 3.17. The summed E-state index contributed by atoms with van der Waals surface area (Å²) in [5.41, 5.74) is 3.24. The van der Waals surface area contributed by atoms with Gasteiger partial charge < -0.3 is 18.9 Å². The molecule has 0 bridgehead atoms. The van der Waals surface area contributed by atoms with Crippen LogP contribution in [0.1, 0.15) is 105 Å². The van der Waals surface area contributed by atoms with Crippen molar-refractivity contribution in [3.63, 3.8) is 0 Å². The molecule has 0 aromatic heterocycles. The third-order valence-electron chi connectivity index (χ3n) is 8.34. The topological polar surface area (TPSA) is 105 Å². The molecule has 0 saturated heterocycles. The normalized spacial score (nSPS) is 10.7. The third-order valence-corrected chi connectivity index (χ3v) is 8.34. The Balaban J connectivity index is 1.10. The number of hydrogen-bond acceptors (Lipinski definition) is 8. The van der Waals surface area contributed by atoms with Gasteiger partial charge in [0, 0.05) is 0 Å². The number of rotatable bonds is 16. The molecule has 0 spiro atoms. The van der Waals surface area contributed by atoms with Crippen molar-refractivity contribution in [3.8, 4) is 23.0 Å². The van der Waals surface area contributed by atoms with Crippen LogP contribution in [0.5, 0.6) is 23.0 Å². The molecule has 0 atom stereocenters. The van der Waals surface area contributed by atoms with Crippen molar-refractivity contribution in [1.82, 2.24) is 0 Å². The molecule has 8 heteroatoms. The first-order valence-corrected chi connectivity index (χ1v) is 17.7. The molecule has 5 rings (SSSR count). The van der Waals surface area contributed by atoms with E-state index in [4.69, 9.17) is 18.9 Å². The maximum Gasteiger partial charge on any atom is 0.343 e. The lowest BCUT2D eigenvalue weighted by atomic mass is 10.1. The quantitative estimate of drug-likeness (QED) is 0.0570. The van der Waals surface area contributed by atoms with Crippen molar-refractivity contribution in [2.75, 3.05) is 0 Å². The number of ether oxygens (including phenoxy) is 4. The van der Waals surface area contributed by atoms with Crippen LogP contribution in [0.2, 0.25) is 0 Å². The second-order valence-electron chi connectivity index (χ2n) is 12.4. The van der Waals surface area contributed by atoms with Crippen molar-refractivity contribution < 1.29 is 38.1 Å². The van der Waals surface area contributed by atoms with Gasteiger partial charge in [0.15, 0.2) is 0 Å². The summed E-state index contributed by atoms with van der Waals surface area (Å²) in [5.74, 6) is -1.13. The molecule has 0 radical (unpaired) electrons. The van der Waals surface area contributed by atoms with Gasteiger partial charge in [-0.15, -0.1) is 0 Å². The van der Waals surface area contributed by atoms with E-state index in [1.165, 1.54) is 90.7 Å². The van der Waals surface area contributed by atoms with E-state index in [0.29, 0.717) is 22.6 Å². The zero-order valence-electron chi connectivity index (χ0n) is 29.5. The van der Waals surface area contributed by atoms with Gasteiger partial charge in [0.25, 0.3) is 0 Å². The number of hydrogen-bond donors (Lipinski definition) is 0. The zero-order chi connectivity index (χ0) is 36.7. The number of unbranched alkanes of at least 4 members (excludes halogenated alkanes) is 4. The van der Waals surface area contributed by atoms with Crippen LogP contribution >= 0.6 is 0 Å². The van der Waals surface area contributed by atoms with Gasteiger partial charge in [-0.2, -0.15) is 0 Å². The molecule has 5 aromatic carbocycles. The van der Waals surface area contributed by atoms with Crippen molar-refractivity contribution >= 4 is 23.9 Å². The number of benzene rings is 5. The highest BCUT2D eigenvalue weighted by Gasteiger charge is 2.16. The van der Waals surface area contributed by atoms with Gasteiger partial charge in [-0.25, -0.2) is 19.2 Å². The molecule has 5 aromatic rings. The highest BCUT2D eigenvalue weighted by molar-refractivity contribution is 5.97. The van der Waals surface area contributed by atoms with Gasteiger partial charge in [-0.1, -0.05) is 69.9 Å². The van der Waals surface area contributed by atoms with Crippen LogP contribution in [0.15, 0.2) is 121 Å². The number of aryl methyl sites for hydroxylation is 2. The fraction of sp³-hybridized carbons (Fsp3) is 0.227. The summed E-state index contributed by atoms with van der Waals surface area (Å²) in [5, 5.41) is 0. The predicted octanol–water partition coefficient (Wildman–Crippen LogP) is 10.0. The van der Waals surface area contributed by atoms with E-state index in [0.717, 1.165) is 38.5 Å². The molecule has 8 nitrogen and oxygen atoms in total. The molecule has 0 heterocycles. The number of carbonyl (C=O) groups is 4. The van der Waals surface area contributed by atoms with Gasteiger partial charge in [-0.05, 0) is 128 Å². The number of carbonyl (C=O) groups excluding carboxylic acids is 4. The molecule has 0 N–H and O–H groups in total. The summed E-state index contributed by atoms with van der Waals surface area (Å²) >= 11 is 0. The van der Waals surface area contributed by atoms with Crippen LogP contribution in [0.3, 0.4) is 0 Å². The van der Waals surface area contributed by atoms with Crippen molar-refractivity contribution in [3.05, 3.63) is 155 Å². The second kappa shape index (κ2) is 18.8. The first-order valence-electron chi connectivity index (χ1n) is 17.7. The van der Waals surface area contributed by atoms with Crippen molar-refractivity contribution in [2.45, 2.75) is 65.2 Å². The molecule has 266 valence electrons. The van der Waals surface area contributed by atoms with Gasteiger partial charge >= 0.3 is 23.9 Å². The highest BCUT2D eigenvalue weighted by atomic mass is 16.5. The summed E-state index contributed by atoms with van der Waals surface area (Å²) < 4.78 is 21.9. The van der Waals surface area contributed by atoms with E-state index in [9.17, 15) is 19.2 Å². The van der Waals surface area contributed by atoms with E-state index in [1.54, 1.807) is 30.3 Å². The Morgan fingerprint density at radius 2 is 0.692 bits per heavy atom. The summed E-state index contributed by atoms with van der Waals surface area (Å²) in [7, 11) is 0. The largest absolute Gasteiger partial charge is 0.423 e. The minimum atomic E-state index is -0.696. The van der Waals surface area contributed by atoms with Gasteiger partial charge in [0.2, 0.25) is 0 Å². The van der Waals surface area contributed by atoms with Crippen LogP contribution < -0.4 is 18.9 Å². The van der Waals surface area contributed by atoms with Gasteiger partial charge in [-0.3, -0.25) is 0 Å². The monoisotopic (exact) mass is 698 g/mol. The van der Waals surface area contributed by atoms with Gasteiger partial charge in [0.05, 0.1) is 22.3 Å². The summed E-state index contributed by atoms with van der Waals surface area (Å²) in [6.07, 6.45) is 8.90. The van der Waals surface area contributed by atoms with Gasteiger partial charge in [0.1, 0.15) is 23.0 Å². The van der Waals surface area contributed by atoms with Crippen molar-refractivity contribution in [1.29, 1.82) is 0 Å². The lowest BCUT2D eigenvalue weighted by molar-refractivity contribution is 0.0723. The summed E-state index contributed by atoms with van der Waals surface area (Å²) in [6.45, 7) is 4.33. The Bertz CT molecular complexity index is 1800. The molecule has 0 amide bonds. The average molecular weight is 699 g/mol. The zero-order valence-corrected chi connectivity index (χ0v) is 29.5. The summed E-state index contributed by atoms with van der Waals surface area (Å²) in [6, 6.07) is 32.9. The third kappa shape index (κ3) is 11.0. The fourth-order valence-electron chi connectivity index (χ4n) is 5.36. The SMILES string of the molecule is CCCCCc1ccc(OC(=O)c2ccc(OC(=O)c3cccc(C(=O)Oc4ccc(C(=O)Oc5ccc(CCCCC)cc5)cc4)c3)cc2)cc1. The maximum atomic E-state index is 12.9. The van der Waals surface area contributed by atoms with Crippen LogP contribution in [-0.4, -0.2) is 23.9 Å². The van der Waals surface area contributed by atoms with E-state index in [-0.39, 0.29) is 22.6 Å². The second-order valence-corrected chi connectivity index (χ2v) is 12.4.